The molecule has 1 N–H and O–H groups in total. The number of thiazole rings is 1. The third-order valence-electron chi connectivity index (χ3n) is 3.56. The molecule has 0 unspecified atom stereocenters. The van der Waals surface area contributed by atoms with E-state index in [1.54, 1.807) is 29.6 Å². The summed E-state index contributed by atoms with van der Waals surface area (Å²) in [6.45, 7) is 5.87. The summed E-state index contributed by atoms with van der Waals surface area (Å²) in [5.41, 5.74) is 3.44. The fourth-order valence-corrected chi connectivity index (χ4v) is 5.01. The first kappa shape index (κ1) is 15.2. The molecule has 0 fully saturated rings. The Bertz CT molecular complexity index is 799. The van der Waals surface area contributed by atoms with Crippen molar-refractivity contribution in [1.82, 2.24) is 4.98 Å². The Labute approximate surface area is 138 Å². The maximum absolute atomic E-state index is 11.5. The predicted octanol–water partition coefficient (Wildman–Crippen LogP) is 5.11. The summed E-state index contributed by atoms with van der Waals surface area (Å²) in [5, 5.41) is 4.92. The van der Waals surface area contributed by atoms with Gasteiger partial charge in [0, 0.05) is 17.4 Å². The van der Waals surface area contributed by atoms with Crippen LogP contribution in [0.4, 0.5) is 5.00 Å². The standard InChI is InChI=1S/C17H18N2OS2/c1-4-11-13(5-2)21-16(18-10(3)20)15(11)17-19-12-8-6-7-9-14(12)22-17/h6-9H,4-5H2,1-3H3,(H,18,20). The minimum absolute atomic E-state index is 0.0334. The van der Waals surface area contributed by atoms with Crippen LogP contribution in [0.25, 0.3) is 20.8 Å². The third kappa shape index (κ3) is 2.66. The first-order valence-corrected chi connectivity index (χ1v) is 9.05. The number of anilines is 1. The van der Waals surface area contributed by atoms with Crippen LogP contribution in [0.1, 0.15) is 31.2 Å². The van der Waals surface area contributed by atoms with Crippen molar-refractivity contribution in [2.75, 3.05) is 5.32 Å². The zero-order valence-electron chi connectivity index (χ0n) is 12.9. The summed E-state index contributed by atoms with van der Waals surface area (Å²) >= 11 is 3.37. The molecule has 2 heterocycles. The second-order valence-electron chi connectivity index (χ2n) is 5.08. The molecular formula is C17H18N2OS2. The molecule has 0 saturated carbocycles. The van der Waals surface area contributed by atoms with E-state index in [9.17, 15) is 4.79 Å². The van der Waals surface area contributed by atoms with Crippen molar-refractivity contribution in [3.63, 3.8) is 0 Å². The van der Waals surface area contributed by atoms with E-state index in [-0.39, 0.29) is 5.91 Å². The lowest BCUT2D eigenvalue weighted by Crippen LogP contribution is -2.05. The van der Waals surface area contributed by atoms with Crippen molar-refractivity contribution in [1.29, 1.82) is 0 Å². The van der Waals surface area contributed by atoms with Gasteiger partial charge in [0.2, 0.25) is 5.91 Å². The van der Waals surface area contributed by atoms with Crippen molar-refractivity contribution in [2.45, 2.75) is 33.6 Å². The molecule has 0 radical (unpaired) electrons. The van der Waals surface area contributed by atoms with Gasteiger partial charge in [0.1, 0.15) is 10.0 Å². The van der Waals surface area contributed by atoms with E-state index < -0.39 is 0 Å². The quantitative estimate of drug-likeness (QED) is 0.722. The van der Waals surface area contributed by atoms with Gasteiger partial charge in [0.15, 0.2) is 0 Å². The van der Waals surface area contributed by atoms with Gasteiger partial charge in [0.25, 0.3) is 0 Å². The highest BCUT2D eigenvalue weighted by Crippen LogP contribution is 2.44. The number of hydrogen-bond donors (Lipinski definition) is 1. The van der Waals surface area contributed by atoms with Gasteiger partial charge in [0.05, 0.1) is 10.2 Å². The maximum atomic E-state index is 11.5. The van der Waals surface area contributed by atoms with Crippen LogP contribution < -0.4 is 5.32 Å². The van der Waals surface area contributed by atoms with Crippen molar-refractivity contribution in [3.8, 4) is 10.6 Å². The highest BCUT2D eigenvalue weighted by atomic mass is 32.1. The zero-order valence-corrected chi connectivity index (χ0v) is 14.5. The lowest BCUT2D eigenvalue weighted by molar-refractivity contribution is -0.114. The fourth-order valence-electron chi connectivity index (χ4n) is 2.63. The van der Waals surface area contributed by atoms with Crippen molar-refractivity contribution < 1.29 is 4.79 Å². The van der Waals surface area contributed by atoms with Crippen LogP contribution in [-0.4, -0.2) is 10.9 Å². The molecule has 22 heavy (non-hydrogen) atoms. The number of rotatable bonds is 4. The topological polar surface area (TPSA) is 42.0 Å². The minimum Gasteiger partial charge on any atom is -0.317 e. The van der Waals surface area contributed by atoms with Crippen LogP contribution in [0, 0.1) is 0 Å². The Morgan fingerprint density at radius 3 is 2.59 bits per heavy atom. The van der Waals surface area contributed by atoms with Gasteiger partial charge in [-0.15, -0.1) is 22.7 Å². The molecule has 114 valence electrons. The second-order valence-corrected chi connectivity index (χ2v) is 7.22. The molecule has 3 rings (SSSR count). The molecule has 0 aliphatic heterocycles. The average molecular weight is 330 g/mol. The molecule has 0 saturated heterocycles. The van der Waals surface area contributed by atoms with E-state index >= 15 is 0 Å². The summed E-state index contributed by atoms with van der Waals surface area (Å²) < 4.78 is 1.18. The molecule has 1 amide bonds. The van der Waals surface area contributed by atoms with Crippen LogP contribution in [0.5, 0.6) is 0 Å². The third-order valence-corrected chi connectivity index (χ3v) is 5.91. The zero-order chi connectivity index (χ0) is 15.7. The summed E-state index contributed by atoms with van der Waals surface area (Å²) in [6, 6.07) is 8.16. The number of amides is 1. The first-order valence-electron chi connectivity index (χ1n) is 7.42. The second kappa shape index (κ2) is 6.18. The Kier molecular flexibility index (Phi) is 4.27. The van der Waals surface area contributed by atoms with E-state index in [2.05, 4.69) is 25.2 Å². The highest BCUT2D eigenvalue weighted by Gasteiger charge is 2.21. The van der Waals surface area contributed by atoms with Crippen LogP contribution in [0.15, 0.2) is 24.3 Å². The Hall–Kier alpha value is -1.72. The van der Waals surface area contributed by atoms with E-state index in [4.69, 9.17) is 4.98 Å². The number of carbonyl (C=O) groups excluding carboxylic acids is 1. The molecule has 0 atom stereocenters. The Morgan fingerprint density at radius 2 is 1.95 bits per heavy atom. The lowest BCUT2D eigenvalue weighted by Gasteiger charge is -2.04. The Morgan fingerprint density at radius 1 is 1.18 bits per heavy atom. The number of nitrogens with one attached hydrogen (secondary N) is 1. The van der Waals surface area contributed by atoms with Gasteiger partial charge in [-0.05, 0) is 30.5 Å². The van der Waals surface area contributed by atoms with E-state index in [0.29, 0.717) is 0 Å². The largest absolute Gasteiger partial charge is 0.317 e. The molecule has 2 aromatic heterocycles. The number of nitrogens with zero attached hydrogens (tertiary/aromatic N) is 1. The normalized spacial score (nSPS) is 11.0. The number of para-hydroxylation sites is 1. The van der Waals surface area contributed by atoms with E-state index in [1.807, 2.05) is 18.2 Å². The smallest absolute Gasteiger partial charge is 0.221 e. The van der Waals surface area contributed by atoms with Crippen molar-refractivity contribution in [3.05, 3.63) is 34.7 Å². The van der Waals surface area contributed by atoms with Gasteiger partial charge in [-0.1, -0.05) is 26.0 Å². The van der Waals surface area contributed by atoms with Crippen molar-refractivity contribution >= 4 is 43.8 Å². The first-order chi connectivity index (χ1) is 10.6. The van der Waals surface area contributed by atoms with E-state index in [0.717, 1.165) is 33.9 Å². The lowest BCUT2D eigenvalue weighted by atomic mass is 10.1. The predicted molar refractivity (Wildman–Crippen MR) is 96.0 cm³/mol. The summed E-state index contributed by atoms with van der Waals surface area (Å²) in [6.07, 6.45) is 1.93. The number of carbonyl (C=O) groups is 1. The van der Waals surface area contributed by atoms with Crippen molar-refractivity contribution in [2.24, 2.45) is 0 Å². The van der Waals surface area contributed by atoms with Crippen LogP contribution >= 0.6 is 22.7 Å². The molecule has 0 aliphatic rings. The maximum Gasteiger partial charge on any atom is 0.221 e. The van der Waals surface area contributed by atoms with Gasteiger partial charge < -0.3 is 5.32 Å². The molecule has 0 bridgehead atoms. The molecule has 5 heteroatoms. The Balaban J connectivity index is 2.22. The van der Waals surface area contributed by atoms with Crippen LogP contribution in [0.3, 0.4) is 0 Å². The fraction of sp³-hybridized carbons (Fsp3) is 0.294. The number of benzene rings is 1. The molecule has 1 aromatic carbocycles. The van der Waals surface area contributed by atoms with Gasteiger partial charge in [-0.3, -0.25) is 4.79 Å². The number of thiophene rings is 1. The van der Waals surface area contributed by atoms with Crippen LogP contribution in [-0.2, 0) is 17.6 Å². The van der Waals surface area contributed by atoms with Gasteiger partial charge in [-0.25, -0.2) is 4.98 Å². The summed E-state index contributed by atoms with van der Waals surface area (Å²) in [4.78, 5) is 17.7. The van der Waals surface area contributed by atoms with E-state index in [1.165, 1.54) is 15.1 Å². The number of hydrogen-bond acceptors (Lipinski definition) is 4. The summed E-state index contributed by atoms with van der Waals surface area (Å²) in [5.74, 6) is -0.0334. The minimum atomic E-state index is -0.0334. The SMILES string of the molecule is CCc1sc(NC(C)=O)c(-c2nc3ccccc3s2)c1CC. The molecular weight excluding hydrogens is 312 g/mol. The number of fused-ring (bicyclic) bond motifs is 1. The highest BCUT2D eigenvalue weighted by molar-refractivity contribution is 7.22. The molecule has 3 aromatic rings. The molecule has 3 nitrogen and oxygen atoms in total. The van der Waals surface area contributed by atoms with Gasteiger partial charge in [-0.2, -0.15) is 0 Å². The number of aromatic nitrogens is 1. The average Bonchev–Trinajstić information content (AvgIpc) is 3.06. The molecule has 0 aliphatic carbocycles. The molecule has 0 spiro atoms. The van der Waals surface area contributed by atoms with Crippen LogP contribution in [0.2, 0.25) is 0 Å². The monoisotopic (exact) mass is 330 g/mol. The summed E-state index contributed by atoms with van der Waals surface area (Å²) in [7, 11) is 0. The van der Waals surface area contributed by atoms with Gasteiger partial charge >= 0.3 is 0 Å². The number of aryl methyl sites for hydroxylation is 1.